The van der Waals surface area contributed by atoms with Gasteiger partial charge in [-0.15, -0.1) is 0 Å². The quantitative estimate of drug-likeness (QED) is 0.867. The maximum atomic E-state index is 12.1. The van der Waals surface area contributed by atoms with Crippen molar-refractivity contribution in [2.45, 2.75) is 26.8 Å². The Morgan fingerprint density at radius 2 is 1.74 bits per heavy atom. The van der Waals surface area contributed by atoms with E-state index in [0.717, 1.165) is 16.5 Å². The summed E-state index contributed by atoms with van der Waals surface area (Å²) in [6.07, 6.45) is 0. The summed E-state index contributed by atoms with van der Waals surface area (Å²) < 4.78 is 0. The first-order valence-corrected chi connectivity index (χ1v) is 6.43. The van der Waals surface area contributed by atoms with E-state index in [9.17, 15) is 4.79 Å². The molecule has 0 aliphatic rings. The van der Waals surface area contributed by atoms with Crippen LogP contribution < -0.4 is 11.1 Å². The molecule has 3 N–H and O–H groups in total. The monoisotopic (exact) mass is 256 g/mol. The van der Waals surface area contributed by atoms with E-state index in [-0.39, 0.29) is 11.3 Å². The third kappa shape index (κ3) is 3.12. The highest BCUT2D eigenvalue weighted by Gasteiger charge is 2.27. The third-order valence-corrected chi connectivity index (χ3v) is 3.23. The minimum atomic E-state index is -0.529. The van der Waals surface area contributed by atoms with E-state index < -0.39 is 6.04 Å². The third-order valence-electron chi connectivity index (χ3n) is 3.23. The zero-order valence-electron chi connectivity index (χ0n) is 11.6. The van der Waals surface area contributed by atoms with Gasteiger partial charge in [-0.25, -0.2) is 0 Å². The predicted molar refractivity (Wildman–Crippen MR) is 80.0 cm³/mol. The maximum absolute atomic E-state index is 12.1. The van der Waals surface area contributed by atoms with Crippen molar-refractivity contribution in [3.8, 4) is 0 Å². The molecular weight excluding hydrogens is 236 g/mol. The summed E-state index contributed by atoms with van der Waals surface area (Å²) in [5, 5.41) is 5.13. The number of carbonyl (C=O) groups is 1. The van der Waals surface area contributed by atoms with E-state index in [0.29, 0.717) is 0 Å². The Kier molecular flexibility index (Phi) is 3.58. The van der Waals surface area contributed by atoms with Gasteiger partial charge in [0.15, 0.2) is 0 Å². The predicted octanol–water partition coefficient (Wildman–Crippen LogP) is 3.15. The van der Waals surface area contributed by atoms with Gasteiger partial charge in [0.1, 0.15) is 0 Å². The molecule has 100 valence electrons. The number of hydrogen-bond acceptors (Lipinski definition) is 2. The number of carbonyl (C=O) groups excluding carboxylic acids is 1. The molecule has 0 unspecified atom stereocenters. The molecule has 0 aliphatic heterocycles. The van der Waals surface area contributed by atoms with Crippen molar-refractivity contribution in [2.24, 2.45) is 11.1 Å². The fourth-order valence-corrected chi connectivity index (χ4v) is 1.88. The molecule has 19 heavy (non-hydrogen) atoms. The van der Waals surface area contributed by atoms with Crippen LogP contribution in [0.5, 0.6) is 0 Å². The van der Waals surface area contributed by atoms with Crippen LogP contribution in [0.1, 0.15) is 20.8 Å². The fraction of sp³-hybridized carbons (Fsp3) is 0.312. The van der Waals surface area contributed by atoms with Crippen LogP contribution in [0.15, 0.2) is 42.5 Å². The Hall–Kier alpha value is -1.87. The normalized spacial score (nSPS) is 13.3. The largest absolute Gasteiger partial charge is 0.325 e. The fourth-order valence-electron chi connectivity index (χ4n) is 1.88. The summed E-state index contributed by atoms with van der Waals surface area (Å²) in [6, 6.07) is 13.4. The van der Waals surface area contributed by atoms with Crippen LogP contribution in [0.25, 0.3) is 10.8 Å². The smallest absolute Gasteiger partial charge is 0.241 e. The minimum absolute atomic E-state index is 0.150. The van der Waals surface area contributed by atoms with Crippen molar-refractivity contribution in [3.63, 3.8) is 0 Å². The van der Waals surface area contributed by atoms with Gasteiger partial charge < -0.3 is 11.1 Å². The zero-order valence-corrected chi connectivity index (χ0v) is 11.6. The molecule has 0 spiro atoms. The van der Waals surface area contributed by atoms with Crippen LogP contribution in [-0.4, -0.2) is 11.9 Å². The van der Waals surface area contributed by atoms with E-state index in [1.54, 1.807) is 0 Å². The van der Waals surface area contributed by atoms with Gasteiger partial charge in [0.2, 0.25) is 5.91 Å². The van der Waals surface area contributed by atoms with Gasteiger partial charge in [0.25, 0.3) is 0 Å². The molecule has 1 amide bonds. The van der Waals surface area contributed by atoms with Gasteiger partial charge in [-0.1, -0.05) is 51.1 Å². The molecule has 0 saturated heterocycles. The second-order valence-corrected chi connectivity index (χ2v) is 5.89. The number of hydrogen-bond donors (Lipinski definition) is 2. The zero-order chi connectivity index (χ0) is 14.0. The van der Waals surface area contributed by atoms with Crippen LogP contribution in [0.4, 0.5) is 5.69 Å². The van der Waals surface area contributed by atoms with Crippen molar-refractivity contribution in [2.75, 3.05) is 5.32 Å². The standard InChI is InChI=1S/C16H20N2O/c1-16(2,3)14(17)15(19)18-13-9-8-11-6-4-5-7-12(11)10-13/h4-10,14H,17H2,1-3H3,(H,18,19)/t14-/m0/s1. The summed E-state index contributed by atoms with van der Waals surface area (Å²) in [6.45, 7) is 5.87. The van der Waals surface area contributed by atoms with E-state index in [1.165, 1.54) is 0 Å². The first kappa shape index (κ1) is 13.6. The molecule has 0 fully saturated rings. The van der Waals surface area contributed by atoms with Crippen LogP contribution in [-0.2, 0) is 4.79 Å². The van der Waals surface area contributed by atoms with Crippen molar-refractivity contribution < 1.29 is 4.79 Å². The first-order valence-electron chi connectivity index (χ1n) is 6.43. The molecule has 3 heteroatoms. The maximum Gasteiger partial charge on any atom is 0.241 e. The van der Waals surface area contributed by atoms with Gasteiger partial charge >= 0.3 is 0 Å². The average molecular weight is 256 g/mol. The number of amides is 1. The Balaban J connectivity index is 2.20. The first-order chi connectivity index (χ1) is 8.88. The number of nitrogens with two attached hydrogens (primary N) is 1. The van der Waals surface area contributed by atoms with Gasteiger partial charge in [0, 0.05) is 5.69 Å². The Morgan fingerprint density at radius 3 is 2.37 bits per heavy atom. The van der Waals surface area contributed by atoms with Crippen molar-refractivity contribution >= 4 is 22.4 Å². The molecule has 2 aromatic rings. The number of benzene rings is 2. The van der Waals surface area contributed by atoms with E-state index in [2.05, 4.69) is 5.32 Å². The highest BCUT2D eigenvalue weighted by Crippen LogP contribution is 2.21. The Bertz CT molecular complexity index is 599. The van der Waals surface area contributed by atoms with E-state index in [4.69, 9.17) is 5.73 Å². The molecule has 0 radical (unpaired) electrons. The lowest BCUT2D eigenvalue weighted by Crippen LogP contribution is -2.45. The molecule has 0 aliphatic carbocycles. The number of anilines is 1. The van der Waals surface area contributed by atoms with Crippen molar-refractivity contribution in [1.29, 1.82) is 0 Å². The van der Waals surface area contributed by atoms with E-state index >= 15 is 0 Å². The molecule has 2 rings (SSSR count). The molecular formula is C16H20N2O. The number of nitrogens with one attached hydrogen (secondary N) is 1. The molecule has 2 aromatic carbocycles. The van der Waals surface area contributed by atoms with Crippen LogP contribution in [0.2, 0.25) is 0 Å². The summed E-state index contributed by atoms with van der Waals surface area (Å²) in [5.74, 6) is -0.150. The SMILES string of the molecule is CC(C)(C)[C@@H](N)C(=O)Nc1ccc2ccccc2c1. The number of fused-ring (bicyclic) bond motifs is 1. The van der Waals surface area contributed by atoms with Gasteiger partial charge in [-0.2, -0.15) is 0 Å². The summed E-state index contributed by atoms with van der Waals surface area (Å²) in [4.78, 5) is 12.1. The van der Waals surface area contributed by atoms with E-state index in [1.807, 2.05) is 63.2 Å². The highest BCUT2D eigenvalue weighted by molar-refractivity contribution is 5.97. The highest BCUT2D eigenvalue weighted by atomic mass is 16.2. The summed E-state index contributed by atoms with van der Waals surface area (Å²) in [5.41, 5.74) is 6.47. The Labute approximate surface area is 113 Å². The van der Waals surface area contributed by atoms with Crippen LogP contribution in [0, 0.1) is 5.41 Å². The lowest BCUT2D eigenvalue weighted by molar-refractivity contribution is -0.119. The average Bonchev–Trinajstić information content (AvgIpc) is 2.36. The molecule has 1 atom stereocenters. The molecule has 3 nitrogen and oxygen atoms in total. The van der Waals surface area contributed by atoms with Gasteiger partial charge in [0.05, 0.1) is 6.04 Å². The lowest BCUT2D eigenvalue weighted by atomic mass is 9.87. The molecule has 0 aromatic heterocycles. The Morgan fingerprint density at radius 1 is 1.11 bits per heavy atom. The van der Waals surface area contributed by atoms with Crippen molar-refractivity contribution in [3.05, 3.63) is 42.5 Å². The summed E-state index contributed by atoms with van der Waals surface area (Å²) >= 11 is 0. The van der Waals surface area contributed by atoms with Gasteiger partial charge in [-0.05, 0) is 28.3 Å². The summed E-state index contributed by atoms with van der Waals surface area (Å²) in [7, 11) is 0. The second-order valence-electron chi connectivity index (χ2n) is 5.89. The molecule has 0 heterocycles. The molecule has 0 bridgehead atoms. The van der Waals surface area contributed by atoms with Crippen LogP contribution in [0.3, 0.4) is 0 Å². The number of rotatable bonds is 2. The second kappa shape index (κ2) is 5.02. The topological polar surface area (TPSA) is 55.1 Å². The van der Waals surface area contributed by atoms with Crippen molar-refractivity contribution in [1.82, 2.24) is 0 Å². The minimum Gasteiger partial charge on any atom is -0.325 e. The van der Waals surface area contributed by atoms with Gasteiger partial charge in [-0.3, -0.25) is 4.79 Å². The lowest BCUT2D eigenvalue weighted by Gasteiger charge is -2.25. The van der Waals surface area contributed by atoms with Crippen LogP contribution >= 0.6 is 0 Å². The molecule has 0 saturated carbocycles.